The van der Waals surface area contributed by atoms with E-state index in [1.54, 1.807) is 0 Å². The summed E-state index contributed by atoms with van der Waals surface area (Å²) in [7, 11) is -2.50. The molecule has 1 fully saturated rings. The van der Waals surface area contributed by atoms with Crippen molar-refractivity contribution < 1.29 is 22.7 Å². The van der Waals surface area contributed by atoms with Crippen molar-refractivity contribution in [1.29, 1.82) is 0 Å². The molecule has 0 spiro atoms. The van der Waals surface area contributed by atoms with Crippen LogP contribution in [0.4, 0.5) is 10.5 Å². The Morgan fingerprint density at radius 3 is 2.22 bits per heavy atom. The maximum absolute atomic E-state index is 13.1. The number of ether oxygens (including phenoxy) is 1. The number of urea groups is 1. The van der Waals surface area contributed by atoms with Crippen LogP contribution in [0.5, 0.6) is 5.75 Å². The number of rotatable bonds is 6. The number of sulfonamides is 1. The standard InChI is InChI=1S/C22H28N4O5S/c1-15(2)16-4-6-17(7-5-16)24-22(28)25-12-13-26(20(14-25)21(23)27)32(29,30)19-10-8-18(31-3)9-11-19/h4-11,15,20H,12-14H2,1-3H3,(H2,23,27)(H,24,28). The number of hydrogen-bond acceptors (Lipinski definition) is 5. The van der Waals surface area contributed by atoms with Crippen molar-refractivity contribution in [2.45, 2.75) is 30.7 Å². The zero-order chi connectivity index (χ0) is 23.5. The molecule has 32 heavy (non-hydrogen) atoms. The molecular formula is C22H28N4O5S. The van der Waals surface area contributed by atoms with Gasteiger partial charge in [0.05, 0.1) is 12.0 Å². The van der Waals surface area contributed by atoms with Gasteiger partial charge in [-0.3, -0.25) is 4.79 Å². The summed E-state index contributed by atoms with van der Waals surface area (Å²) in [5.41, 5.74) is 7.28. The minimum atomic E-state index is -3.98. The smallest absolute Gasteiger partial charge is 0.321 e. The fourth-order valence-corrected chi connectivity index (χ4v) is 5.09. The number of nitrogens with zero attached hydrogens (tertiary/aromatic N) is 2. The van der Waals surface area contributed by atoms with E-state index in [9.17, 15) is 18.0 Å². The molecule has 1 saturated heterocycles. The van der Waals surface area contributed by atoms with Gasteiger partial charge in [0, 0.05) is 25.3 Å². The minimum absolute atomic E-state index is 0.0210. The lowest BCUT2D eigenvalue weighted by Gasteiger charge is -2.38. The lowest BCUT2D eigenvalue weighted by Crippen LogP contribution is -2.61. The average Bonchev–Trinajstić information content (AvgIpc) is 2.79. The molecule has 0 aliphatic carbocycles. The molecule has 172 valence electrons. The fourth-order valence-electron chi connectivity index (χ4n) is 3.51. The molecule has 3 N–H and O–H groups in total. The summed E-state index contributed by atoms with van der Waals surface area (Å²) in [5, 5.41) is 2.79. The van der Waals surface area contributed by atoms with Gasteiger partial charge in [0.1, 0.15) is 11.8 Å². The van der Waals surface area contributed by atoms with Gasteiger partial charge in [0.2, 0.25) is 15.9 Å². The van der Waals surface area contributed by atoms with E-state index in [0.717, 1.165) is 9.87 Å². The Kier molecular flexibility index (Phi) is 7.05. The van der Waals surface area contributed by atoms with Crippen molar-refractivity contribution in [2.75, 3.05) is 32.1 Å². The highest BCUT2D eigenvalue weighted by Crippen LogP contribution is 2.24. The molecule has 2 aromatic rings. The quantitative estimate of drug-likeness (QED) is 0.684. The summed E-state index contributed by atoms with van der Waals surface area (Å²) < 4.78 is 32.3. The number of benzene rings is 2. The monoisotopic (exact) mass is 460 g/mol. The topological polar surface area (TPSA) is 122 Å². The lowest BCUT2D eigenvalue weighted by atomic mass is 10.0. The number of piperazine rings is 1. The zero-order valence-electron chi connectivity index (χ0n) is 18.3. The first-order chi connectivity index (χ1) is 15.1. The summed E-state index contributed by atoms with van der Waals surface area (Å²) in [6, 6.07) is 11.8. The van der Waals surface area contributed by atoms with Crippen LogP contribution in [0.15, 0.2) is 53.4 Å². The highest BCUT2D eigenvalue weighted by atomic mass is 32.2. The predicted octanol–water partition coefficient (Wildman–Crippen LogP) is 2.21. The third-order valence-corrected chi connectivity index (χ3v) is 7.36. The number of anilines is 1. The average molecular weight is 461 g/mol. The third kappa shape index (κ3) is 5.03. The molecule has 0 bridgehead atoms. The zero-order valence-corrected chi connectivity index (χ0v) is 19.1. The lowest BCUT2D eigenvalue weighted by molar-refractivity contribution is -0.122. The second-order valence-corrected chi connectivity index (χ2v) is 9.75. The summed E-state index contributed by atoms with van der Waals surface area (Å²) in [5.74, 6) is 0.0657. The molecule has 10 heteroatoms. The molecule has 1 aliphatic rings. The van der Waals surface area contributed by atoms with Crippen LogP contribution in [0.3, 0.4) is 0 Å². The molecule has 1 aliphatic heterocycles. The first kappa shape index (κ1) is 23.6. The molecule has 1 heterocycles. The Balaban J connectivity index is 1.74. The van der Waals surface area contributed by atoms with E-state index in [1.165, 1.54) is 36.3 Å². The second kappa shape index (κ2) is 9.58. The van der Waals surface area contributed by atoms with Gasteiger partial charge >= 0.3 is 6.03 Å². The van der Waals surface area contributed by atoms with E-state index in [-0.39, 0.29) is 24.5 Å². The minimum Gasteiger partial charge on any atom is -0.497 e. The van der Waals surface area contributed by atoms with Crippen LogP contribution in [0.1, 0.15) is 25.3 Å². The van der Waals surface area contributed by atoms with Crippen LogP contribution in [-0.4, -0.2) is 62.3 Å². The number of hydrogen-bond donors (Lipinski definition) is 2. The highest BCUT2D eigenvalue weighted by Gasteiger charge is 2.40. The van der Waals surface area contributed by atoms with Crippen LogP contribution in [0.25, 0.3) is 0 Å². The van der Waals surface area contributed by atoms with Gasteiger partial charge in [-0.1, -0.05) is 26.0 Å². The summed E-state index contributed by atoms with van der Waals surface area (Å²) >= 11 is 0. The second-order valence-electron chi connectivity index (χ2n) is 7.86. The van der Waals surface area contributed by atoms with Crippen molar-refractivity contribution in [1.82, 2.24) is 9.21 Å². The first-order valence-corrected chi connectivity index (χ1v) is 11.7. The van der Waals surface area contributed by atoms with Crippen molar-refractivity contribution in [3.05, 3.63) is 54.1 Å². The van der Waals surface area contributed by atoms with Crippen LogP contribution in [0, 0.1) is 0 Å². The fraction of sp³-hybridized carbons (Fsp3) is 0.364. The van der Waals surface area contributed by atoms with E-state index in [4.69, 9.17) is 10.5 Å². The van der Waals surface area contributed by atoms with Crippen molar-refractivity contribution >= 4 is 27.6 Å². The summed E-state index contributed by atoms with van der Waals surface area (Å²) in [6.07, 6.45) is 0. The largest absolute Gasteiger partial charge is 0.497 e. The van der Waals surface area contributed by atoms with Crippen LogP contribution < -0.4 is 15.8 Å². The van der Waals surface area contributed by atoms with Gasteiger partial charge in [0.15, 0.2) is 0 Å². The molecule has 0 aromatic heterocycles. The summed E-state index contributed by atoms with van der Waals surface area (Å²) in [6.45, 7) is 4.09. The summed E-state index contributed by atoms with van der Waals surface area (Å²) in [4.78, 5) is 26.3. The maximum Gasteiger partial charge on any atom is 0.321 e. The molecule has 1 atom stereocenters. The SMILES string of the molecule is COc1ccc(S(=O)(=O)N2CCN(C(=O)Nc3ccc(C(C)C)cc3)CC2C(N)=O)cc1. The van der Waals surface area contributed by atoms with E-state index < -0.39 is 28.0 Å². The number of primary amides is 1. The Labute approximate surface area is 188 Å². The van der Waals surface area contributed by atoms with Gasteiger partial charge < -0.3 is 20.7 Å². The van der Waals surface area contributed by atoms with Gasteiger partial charge in [-0.15, -0.1) is 0 Å². The molecule has 2 aromatic carbocycles. The van der Waals surface area contributed by atoms with Crippen LogP contribution >= 0.6 is 0 Å². The molecular weight excluding hydrogens is 432 g/mol. The molecule has 3 rings (SSSR count). The Morgan fingerprint density at radius 1 is 1.06 bits per heavy atom. The van der Waals surface area contributed by atoms with Gasteiger partial charge in [-0.2, -0.15) is 4.31 Å². The number of methoxy groups -OCH3 is 1. The number of carbonyl (C=O) groups excluding carboxylic acids is 2. The predicted molar refractivity (Wildman–Crippen MR) is 121 cm³/mol. The van der Waals surface area contributed by atoms with Crippen molar-refractivity contribution in [3.8, 4) is 5.75 Å². The van der Waals surface area contributed by atoms with Crippen LogP contribution in [-0.2, 0) is 14.8 Å². The molecule has 9 nitrogen and oxygen atoms in total. The number of nitrogens with one attached hydrogen (secondary N) is 1. The Bertz CT molecular complexity index is 1070. The number of nitrogens with two attached hydrogens (primary N) is 1. The Hall–Kier alpha value is -3.11. The first-order valence-electron chi connectivity index (χ1n) is 10.2. The normalized spacial score (nSPS) is 17.2. The third-order valence-electron chi connectivity index (χ3n) is 5.44. The van der Waals surface area contributed by atoms with Gasteiger partial charge in [0.25, 0.3) is 0 Å². The molecule has 0 radical (unpaired) electrons. The van der Waals surface area contributed by atoms with Crippen molar-refractivity contribution in [2.24, 2.45) is 5.73 Å². The van der Waals surface area contributed by atoms with Crippen LogP contribution in [0.2, 0.25) is 0 Å². The van der Waals surface area contributed by atoms with Gasteiger partial charge in [-0.05, 0) is 47.9 Å². The van der Waals surface area contributed by atoms with Crippen molar-refractivity contribution in [3.63, 3.8) is 0 Å². The maximum atomic E-state index is 13.1. The number of amides is 3. The van der Waals surface area contributed by atoms with E-state index >= 15 is 0 Å². The molecule has 3 amide bonds. The molecule has 1 unspecified atom stereocenters. The number of carbonyl (C=O) groups is 2. The van der Waals surface area contributed by atoms with Gasteiger partial charge in [-0.25, -0.2) is 13.2 Å². The van der Waals surface area contributed by atoms with E-state index in [1.807, 2.05) is 24.3 Å². The Morgan fingerprint density at radius 2 is 1.69 bits per heavy atom. The highest BCUT2D eigenvalue weighted by molar-refractivity contribution is 7.89. The van der Waals surface area contributed by atoms with E-state index in [0.29, 0.717) is 17.4 Å². The molecule has 0 saturated carbocycles. The van der Waals surface area contributed by atoms with E-state index in [2.05, 4.69) is 19.2 Å².